The molecule has 0 spiro atoms. The van der Waals surface area contributed by atoms with Crippen molar-refractivity contribution in [2.45, 2.75) is 4.90 Å². The van der Waals surface area contributed by atoms with Crippen LogP contribution in [-0.4, -0.2) is 45.2 Å². The van der Waals surface area contributed by atoms with Gasteiger partial charge in [0, 0.05) is 31.4 Å². The van der Waals surface area contributed by atoms with Crippen molar-refractivity contribution in [2.75, 3.05) is 31.3 Å². The molecule has 3 rings (SSSR count). The van der Waals surface area contributed by atoms with E-state index in [0.29, 0.717) is 22.7 Å². The highest BCUT2D eigenvalue weighted by molar-refractivity contribution is 7.89. The Balaban J connectivity index is 1.75. The summed E-state index contributed by atoms with van der Waals surface area (Å²) in [6.07, 6.45) is 0. The quantitative estimate of drug-likeness (QED) is 0.843. The van der Waals surface area contributed by atoms with E-state index in [2.05, 4.69) is 10.6 Å². The number of hydrogen-bond donors (Lipinski definition) is 2. The summed E-state index contributed by atoms with van der Waals surface area (Å²) in [6.45, 7) is -0.0772. The normalized spacial score (nSPS) is 13.6. The molecule has 8 nitrogen and oxygen atoms in total. The largest absolute Gasteiger partial charge is 0.482 e. The molecule has 0 atom stereocenters. The molecule has 0 fully saturated rings. The molecule has 0 unspecified atom stereocenters. The molecule has 2 aromatic carbocycles. The third kappa shape index (κ3) is 3.53. The molecule has 9 heteroatoms. The summed E-state index contributed by atoms with van der Waals surface area (Å²) < 4.78 is 30.5. The van der Waals surface area contributed by atoms with Gasteiger partial charge < -0.3 is 15.4 Å². The minimum atomic E-state index is -3.54. The van der Waals surface area contributed by atoms with Gasteiger partial charge in [-0.2, -0.15) is 0 Å². The van der Waals surface area contributed by atoms with Crippen LogP contribution >= 0.6 is 0 Å². The SMILES string of the molecule is CN(C)S(=O)(=O)c1ccc(C(=O)Nc2ccc3c(c2)OCC(=O)N3)cc1. The van der Waals surface area contributed by atoms with Crippen molar-refractivity contribution in [1.82, 2.24) is 4.31 Å². The number of carbonyl (C=O) groups is 2. The summed E-state index contributed by atoms with van der Waals surface area (Å²) >= 11 is 0. The second-order valence-electron chi connectivity index (χ2n) is 5.81. The number of carbonyl (C=O) groups excluding carboxylic acids is 2. The molecule has 26 heavy (non-hydrogen) atoms. The van der Waals surface area contributed by atoms with Crippen LogP contribution in [-0.2, 0) is 14.8 Å². The lowest BCUT2D eigenvalue weighted by molar-refractivity contribution is -0.118. The Morgan fingerprint density at radius 2 is 1.85 bits per heavy atom. The van der Waals surface area contributed by atoms with Gasteiger partial charge in [-0.1, -0.05) is 0 Å². The van der Waals surface area contributed by atoms with E-state index in [-0.39, 0.29) is 17.4 Å². The van der Waals surface area contributed by atoms with Gasteiger partial charge in [-0.25, -0.2) is 12.7 Å². The van der Waals surface area contributed by atoms with Crippen LogP contribution in [0.3, 0.4) is 0 Å². The molecule has 1 aliphatic rings. The van der Waals surface area contributed by atoms with Crippen molar-refractivity contribution in [3.05, 3.63) is 48.0 Å². The molecular weight excluding hydrogens is 358 g/mol. The average Bonchev–Trinajstić information content (AvgIpc) is 2.61. The molecule has 2 N–H and O–H groups in total. The van der Waals surface area contributed by atoms with E-state index in [9.17, 15) is 18.0 Å². The molecule has 136 valence electrons. The summed E-state index contributed by atoms with van der Waals surface area (Å²) in [6, 6.07) is 10.5. The highest BCUT2D eigenvalue weighted by Crippen LogP contribution is 2.30. The van der Waals surface area contributed by atoms with E-state index in [1.165, 1.54) is 38.4 Å². The zero-order valence-electron chi connectivity index (χ0n) is 14.1. The minimum Gasteiger partial charge on any atom is -0.482 e. The molecule has 2 aromatic rings. The minimum absolute atomic E-state index is 0.0772. The second kappa shape index (κ2) is 6.77. The van der Waals surface area contributed by atoms with E-state index in [1.54, 1.807) is 18.2 Å². The Morgan fingerprint density at radius 1 is 1.15 bits per heavy atom. The van der Waals surface area contributed by atoms with Crippen LogP contribution in [0.1, 0.15) is 10.4 Å². The number of nitrogens with zero attached hydrogens (tertiary/aromatic N) is 1. The maximum atomic E-state index is 12.3. The average molecular weight is 375 g/mol. The van der Waals surface area contributed by atoms with E-state index >= 15 is 0 Å². The second-order valence-corrected chi connectivity index (χ2v) is 7.97. The zero-order chi connectivity index (χ0) is 18.9. The van der Waals surface area contributed by atoms with Gasteiger partial charge in [0.25, 0.3) is 11.8 Å². The van der Waals surface area contributed by atoms with E-state index in [1.807, 2.05) is 0 Å². The van der Waals surface area contributed by atoms with Crippen LogP contribution < -0.4 is 15.4 Å². The van der Waals surface area contributed by atoms with Crippen LogP contribution in [0.15, 0.2) is 47.4 Å². The maximum absolute atomic E-state index is 12.3. The summed E-state index contributed by atoms with van der Waals surface area (Å²) in [4.78, 5) is 23.7. The Labute approximate surface area is 150 Å². The fraction of sp³-hybridized carbons (Fsp3) is 0.176. The number of benzene rings is 2. The van der Waals surface area contributed by atoms with Crippen molar-refractivity contribution in [3.8, 4) is 5.75 Å². The van der Waals surface area contributed by atoms with Crippen molar-refractivity contribution in [3.63, 3.8) is 0 Å². The molecule has 0 saturated carbocycles. The van der Waals surface area contributed by atoms with Crippen molar-refractivity contribution in [1.29, 1.82) is 0 Å². The Kier molecular flexibility index (Phi) is 4.66. The van der Waals surface area contributed by atoms with Gasteiger partial charge in [0.1, 0.15) is 5.75 Å². The number of nitrogens with one attached hydrogen (secondary N) is 2. The number of ether oxygens (including phenoxy) is 1. The fourth-order valence-corrected chi connectivity index (χ4v) is 3.25. The first kappa shape index (κ1) is 17.9. The van der Waals surface area contributed by atoms with Crippen LogP contribution in [0.2, 0.25) is 0 Å². The predicted octanol–water partition coefficient (Wildman–Crippen LogP) is 1.52. The Morgan fingerprint density at radius 3 is 2.50 bits per heavy atom. The van der Waals surface area contributed by atoms with E-state index < -0.39 is 15.9 Å². The maximum Gasteiger partial charge on any atom is 0.262 e. The molecule has 1 aliphatic heterocycles. The standard InChI is InChI=1S/C17H17N3O5S/c1-20(2)26(23,24)13-6-3-11(4-7-13)17(22)18-12-5-8-14-15(9-12)25-10-16(21)19-14/h3-9H,10H2,1-2H3,(H,18,22)(H,19,21). The number of sulfonamides is 1. The summed E-state index contributed by atoms with van der Waals surface area (Å²) in [5, 5.41) is 5.37. The first-order valence-electron chi connectivity index (χ1n) is 7.68. The Bertz CT molecular complexity index is 968. The van der Waals surface area contributed by atoms with Crippen molar-refractivity contribution >= 4 is 33.2 Å². The van der Waals surface area contributed by atoms with Crippen molar-refractivity contribution in [2.24, 2.45) is 0 Å². The van der Waals surface area contributed by atoms with E-state index in [0.717, 1.165) is 4.31 Å². The van der Waals surface area contributed by atoms with Gasteiger partial charge in [-0.3, -0.25) is 9.59 Å². The highest BCUT2D eigenvalue weighted by atomic mass is 32.2. The van der Waals surface area contributed by atoms with Crippen LogP contribution in [0, 0.1) is 0 Å². The lowest BCUT2D eigenvalue weighted by Crippen LogP contribution is -2.25. The molecule has 0 aromatic heterocycles. The first-order valence-corrected chi connectivity index (χ1v) is 9.12. The van der Waals surface area contributed by atoms with Crippen molar-refractivity contribution < 1.29 is 22.7 Å². The number of fused-ring (bicyclic) bond motifs is 1. The van der Waals surface area contributed by atoms with Gasteiger partial charge in [0.05, 0.1) is 10.6 Å². The molecule has 0 saturated heterocycles. The molecule has 0 bridgehead atoms. The Hall–Kier alpha value is -2.91. The molecule has 2 amide bonds. The topological polar surface area (TPSA) is 105 Å². The molecular formula is C17H17N3O5S. The smallest absolute Gasteiger partial charge is 0.262 e. The lowest BCUT2D eigenvalue weighted by Gasteiger charge is -2.18. The van der Waals surface area contributed by atoms with Gasteiger partial charge in [-0.05, 0) is 36.4 Å². The highest BCUT2D eigenvalue weighted by Gasteiger charge is 2.19. The van der Waals surface area contributed by atoms with Gasteiger partial charge in [0.2, 0.25) is 10.0 Å². The lowest BCUT2D eigenvalue weighted by atomic mass is 10.2. The fourth-order valence-electron chi connectivity index (χ4n) is 2.34. The number of amides is 2. The monoisotopic (exact) mass is 375 g/mol. The summed E-state index contributed by atoms with van der Waals surface area (Å²) in [5.41, 5.74) is 1.35. The summed E-state index contributed by atoms with van der Waals surface area (Å²) in [7, 11) is -0.660. The van der Waals surface area contributed by atoms with E-state index in [4.69, 9.17) is 4.74 Å². The van der Waals surface area contributed by atoms with Crippen LogP contribution in [0.25, 0.3) is 0 Å². The van der Waals surface area contributed by atoms with Crippen LogP contribution in [0.5, 0.6) is 5.75 Å². The zero-order valence-corrected chi connectivity index (χ0v) is 15.0. The number of anilines is 2. The third-order valence-corrected chi connectivity index (χ3v) is 5.60. The third-order valence-electron chi connectivity index (χ3n) is 3.77. The summed E-state index contributed by atoms with van der Waals surface area (Å²) in [5.74, 6) is -0.157. The number of rotatable bonds is 4. The molecule has 0 aliphatic carbocycles. The predicted molar refractivity (Wildman–Crippen MR) is 95.8 cm³/mol. The molecule has 0 radical (unpaired) electrons. The first-order chi connectivity index (χ1) is 12.3. The van der Waals surface area contributed by atoms with Gasteiger partial charge >= 0.3 is 0 Å². The van der Waals surface area contributed by atoms with Gasteiger partial charge in [0.15, 0.2) is 6.61 Å². The van der Waals surface area contributed by atoms with Gasteiger partial charge in [-0.15, -0.1) is 0 Å². The number of hydrogen-bond acceptors (Lipinski definition) is 5. The molecule has 1 heterocycles. The van der Waals surface area contributed by atoms with Crippen LogP contribution in [0.4, 0.5) is 11.4 Å².